The number of urea groups is 1. The van der Waals surface area contributed by atoms with Gasteiger partial charge in [-0.3, -0.25) is 0 Å². The number of anilines is 1. The molecule has 1 aromatic carbocycles. The van der Waals surface area contributed by atoms with Crippen molar-refractivity contribution >= 4 is 11.7 Å². The molecule has 0 fully saturated rings. The summed E-state index contributed by atoms with van der Waals surface area (Å²) in [6, 6.07) is 6.66. The molecule has 0 saturated carbocycles. The van der Waals surface area contributed by atoms with Crippen molar-refractivity contribution in [3.63, 3.8) is 0 Å². The van der Waals surface area contributed by atoms with Crippen LogP contribution in [0.2, 0.25) is 0 Å². The van der Waals surface area contributed by atoms with Crippen LogP contribution in [0.15, 0.2) is 18.2 Å². The van der Waals surface area contributed by atoms with E-state index in [0.29, 0.717) is 18.5 Å². The van der Waals surface area contributed by atoms with Crippen LogP contribution in [-0.2, 0) is 6.54 Å². The van der Waals surface area contributed by atoms with Crippen molar-refractivity contribution in [2.45, 2.75) is 32.9 Å². The Morgan fingerprint density at radius 1 is 1.42 bits per heavy atom. The summed E-state index contributed by atoms with van der Waals surface area (Å²) in [6.45, 7) is 5.14. The molecule has 1 aliphatic heterocycles. The third-order valence-corrected chi connectivity index (χ3v) is 3.58. The molecule has 2 N–H and O–H groups in total. The SMILES string of the molecule is CNC(CC(C)C)c1ccc2c(c1)CN(C)C(=O)N2. The first kappa shape index (κ1) is 13.9. The zero-order chi connectivity index (χ0) is 14.0. The quantitative estimate of drug-likeness (QED) is 0.875. The maximum absolute atomic E-state index is 11.6. The summed E-state index contributed by atoms with van der Waals surface area (Å²) in [6.07, 6.45) is 1.11. The number of hydrogen-bond donors (Lipinski definition) is 2. The van der Waals surface area contributed by atoms with Gasteiger partial charge in [0, 0.05) is 25.3 Å². The van der Waals surface area contributed by atoms with Crippen LogP contribution < -0.4 is 10.6 Å². The summed E-state index contributed by atoms with van der Waals surface area (Å²) in [5, 5.41) is 6.28. The molecule has 1 aliphatic rings. The van der Waals surface area contributed by atoms with Gasteiger partial charge in [-0.15, -0.1) is 0 Å². The van der Waals surface area contributed by atoms with Crippen LogP contribution in [-0.4, -0.2) is 25.0 Å². The Kier molecular flexibility index (Phi) is 4.10. The van der Waals surface area contributed by atoms with E-state index in [1.165, 1.54) is 11.1 Å². The fourth-order valence-corrected chi connectivity index (χ4v) is 2.51. The lowest BCUT2D eigenvalue weighted by molar-refractivity contribution is 0.218. The number of rotatable bonds is 4. The van der Waals surface area contributed by atoms with Gasteiger partial charge in [0.15, 0.2) is 0 Å². The molecule has 0 spiro atoms. The van der Waals surface area contributed by atoms with Crippen LogP contribution in [0.1, 0.15) is 37.4 Å². The summed E-state index contributed by atoms with van der Waals surface area (Å²) < 4.78 is 0. The smallest absolute Gasteiger partial charge is 0.321 e. The minimum atomic E-state index is -0.0346. The summed E-state index contributed by atoms with van der Waals surface area (Å²) in [5.74, 6) is 0.649. The van der Waals surface area contributed by atoms with E-state index >= 15 is 0 Å². The van der Waals surface area contributed by atoms with Gasteiger partial charge in [0.05, 0.1) is 0 Å². The lowest BCUT2D eigenvalue weighted by atomic mass is 9.95. The van der Waals surface area contributed by atoms with E-state index in [1.54, 1.807) is 4.90 Å². The van der Waals surface area contributed by atoms with Crippen LogP contribution in [0.25, 0.3) is 0 Å². The van der Waals surface area contributed by atoms with E-state index < -0.39 is 0 Å². The highest BCUT2D eigenvalue weighted by Gasteiger charge is 2.20. The van der Waals surface area contributed by atoms with Gasteiger partial charge < -0.3 is 15.5 Å². The second-order valence-corrected chi connectivity index (χ2v) is 5.67. The number of benzene rings is 1. The van der Waals surface area contributed by atoms with Crippen LogP contribution in [0.3, 0.4) is 0 Å². The topological polar surface area (TPSA) is 44.4 Å². The van der Waals surface area contributed by atoms with Gasteiger partial charge in [-0.1, -0.05) is 26.0 Å². The number of nitrogens with one attached hydrogen (secondary N) is 2. The van der Waals surface area contributed by atoms with Crippen molar-refractivity contribution in [3.8, 4) is 0 Å². The van der Waals surface area contributed by atoms with E-state index in [0.717, 1.165) is 12.1 Å². The summed E-state index contributed by atoms with van der Waals surface area (Å²) in [4.78, 5) is 13.3. The number of hydrogen-bond acceptors (Lipinski definition) is 2. The number of fused-ring (bicyclic) bond motifs is 1. The Morgan fingerprint density at radius 2 is 2.16 bits per heavy atom. The van der Waals surface area contributed by atoms with Gasteiger partial charge >= 0.3 is 6.03 Å². The second-order valence-electron chi connectivity index (χ2n) is 5.67. The van der Waals surface area contributed by atoms with Crippen LogP contribution >= 0.6 is 0 Å². The summed E-state index contributed by atoms with van der Waals surface area (Å²) >= 11 is 0. The highest BCUT2D eigenvalue weighted by molar-refractivity contribution is 5.92. The monoisotopic (exact) mass is 261 g/mol. The van der Waals surface area contributed by atoms with Crippen molar-refractivity contribution in [1.29, 1.82) is 0 Å². The third-order valence-electron chi connectivity index (χ3n) is 3.58. The van der Waals surface area contributed by atoms with E-state index in [2.05, 4.69) is 36.6 Å². The van der Waals surface area contributed by atoms with Gasteiger partial charge in [-0.2, -0.15) is 0 Å². The van der Waals surface area contributed by atoms with Gasteiger partial charge in [0.2, 0.25) is 0 Å². The molecule has 1 atom stereocenters. The normalized spacial score (nSPS) is 16.3. The first-order valence-corrected chi connectivity index (χ1v) is 6.83. The van der Waals surface area contributed by atoms with E-state index in [9.17, 15) is 4.79 Å². The van der Waals surface area contributed by atoms with E-state index in [1.807, 2.05) is 20.2 Å². The van der Waals surface area contributed by atoms with E-state index in [-0.39, 0.29) is 6.03 Å². The maximum atomic E-state index is 11.6. The molecule has 1 heterocycles. The lowest BCUT2D eigenvalue weighted by Gasteiger charge is -2.27. The first-order valence-electron chi connectivity index (χ1n) is 6.83. The van der Waals surface area contributed by atoms with Crippen LogP contribution in [0.4, 0.5) is 10.5 Å². The summed E-state index contributed by atoms with van der Waals surface area (Å²) in [5.41, 5.74) is 3.41. The van der Waals surface area contributed by atoms with Crippen molar-refractivity contribution in [3.05, 3.63) is 29.3 Å². The fraction of sp³-hybridized carbons (Fsp3) is 0.533. The molecular weight excluding hydrogens is 238 g/mol. The zero-order valence-corrected chi connectivity index (χ0v) is 12.2. The highest BCUT2D eigenvalue weighted by Crippen LogP contribution is 2.28. The molecule has 2 amide bonds. The maximum Gasteiger partial charge on any atom is 0.321 e. The lowest BCUT2D eigenvalue weighted by Crippen LogP contribution is -2.35. The molecule has 104 valence electrons. The van der Waals surface area contributed by atoms with Gasteiger partial charge in [-0.05, 0) is 36.6 Å². The average molecular weight is 261 g/mol. The van der Waals surface area contributed by atoms with E-state index in [4.69, 9.17) is 0 Å². The number of nitrogens with zero attached hydrogens (tertiary/aromatic N) is 1. The second kappa shape index (κ2) is 5.61. The Bertz CT molecular complexity index is 470. The number of amides is 2. The largest absolute Gasteiger partial charge is 0.323 e. The van der Waals surface area contributed by atoms with Gasteiger partial charge in [-0.25, -0.2) is 4.79 Å². The molecular formula is C15H23N3O. The minimum absolute atomic E-state index is 0.0346. The zero-order valence-electron chi connectivity index (χ0n) is 12.2. The molecule has 4 nitrogen and oxygen atoms in total. The molecule has 2 rings (SSSR count). The van der Waals surface area contributed by atoms with Crippen molar-refractivity contribution < 1.29 is 4.79 Å². The van der Waals surface area contributed by atoms with Crippen molar-refractivity contribution in [2.24, 2.45) is 5.92 Å². The van der Waals surface area contributed by atoms with Crippen LogP contribution in [0.5, 0.6) is 0 Å². The minimum Gasteiger partial charge on any atom is -0.323 e. The molecule has 0 radical (unpaired) electrons. The fourth-order valence-electron chi connectivity index (χ4n) is 2.51. The van der Waals surface area contributed by atoms with Crippen molar-refractivity contribution in [1.82, 2.24) is 10.2 Å². The van der Waals surface area contributed by atoms with Crippen molar-refractivity contribution in [2.75, 3.05) is 19.4 Å². The molecule has 1 unspecified atom stereocenters. The molecule has 0 aromatic heterocycles. The predicted octanol–water partition coefficient (Wildman–Crippen LogP) is 2.97. The summed E-state index contributed by atoms with van der Waals surface area (Å²) in [7, 11) is 3.81. The van der Waals surface area contributed by atoms with Gasteiger partial charge in [0.25, 0.3) is 0 Å². The third kappa shape index (κ3) is 3.07. The number of carbonyl (C=O) groups is 1. The Morgan fingerprint density at radius 3 is 2.79 bits per heavy atom. The van der Waals surface area contributed by atoms with Gasteiger partial charge in [0.1, 0.15) is 0 Å². The Labute approximate surface area is 115 Å². The molecule has 19 heavy (non-hydrogen) atoms. The standard InChI is InChI=1S/C15H23N3O/c1-10(2)7-14(16-3)11-5-6-13-12(8-11)9-18(4)15(19)17-13/h5-6,8,10,14,16H,7,9H2,1-4H3,(H,17,19). The molecule has 0 saturated heterocycles. The Hall–Kier alpha value is -1.55. The Balaban J connectivity index is 2.25. The molecule has 4 heteroatoms. The molecule has 1 aromatic rings. The molecule has 0 aliphatic carbocycles. The van der Waals surface area contributed by atoms with Crippen LogP contribution in [0, 0.1) is 5.92 Å². The number of carbonyl (C=O) groups excluding carboxylic acids is 1. The highest BCUT2D eigenvalue weighted by atomic mass is 16.2. The first-order chi connectivity index (χ1) is 9.01. The average Bonchev–Trinajstić information content (AvgIpc) is 2.36. The molecule has 0 bridgehead atoms. The predicted molar refractivity (Wildman–Crippen MR) is 78.2 cm³/mol.